The Balaban J connectivity index is 1.62. The molecule has 0 saturated heterocycles. The monoisotopic (exact) mass is 392 g/mol. The zero-order chi connectivity index (χ0) is 20.4. The highest BCUT2D eigenvalue weighted by atomic mass is 16.5. The molecule has 0 bridgehead atoms. The molecule has 0 fully saturated rings. The fourth-order valence-electron chi connectivity index (χ4n) is 3.00. The van der Waals surface area contributed by atoms with E-state index in [1.165, 1.54) is 5.56 Å². The minimum absolute atomic E-state index is 0.0855. The van der Waals surface area contributed by atoms with Crippen LogP contribution in [0, 0.1) is 0 Å². The van der Waals surface area contributed by atoms with Crippen molar-refractivity contribution in [1.29, 1.82) is 0 Å². The number of pyridine rings is 1. The summed E-state index contributed by atoms with van der Waals surface area (Å²) in [5.74, 6) is -0.330. The molecule has 9 nitrogen and oxygen atoms in total. The van der Waals surface area contributed by atoms with Crippen molar-refractivity contribution in [3.8, 4) is 0 Å². The number of aliphatic carboxylic acids is 1. The maximum atomic E-state index is 11.9. The number of unbranched alkanes of at least 4 members (excludes halogenated alkanes) is 1. The highest BCUT2D eigenvalue weighted by molar-refractivity contribution is 5.80. The summed E-state index contributed by atoms with van der Waals surface area (Å²) in [6.07, 6.45) is 4.22. The van der Waals surface area contributed by atoms with Crippen LogP contribution in [0.25, 0.3) is 0 Å². The summed E-state index contributed by atoms with van der Waals surface area (Å²) >= 11 is 0. The molecule has 0 aromatic carbocycles. The zero-order valence-electron chi connectivity index (χ0n) is 16.1. The Labute approximate surface area is 164 Å². The van der Waals surface area contributed by atoms with E-state index in [-0.39, 0.29) is 18.9 Å². The summed E-state index contributed by atoms with van der Waals surface area (Å²) in [7, 11) is 1.16. The molecule has 28 heavy (non-hydrogen) atoms. The summed E-state index contributed by atoms with van der Waals surface area (Å²) in [5.41, 5.74) is 2.28. The number of amides is 2. The Hall–Kier alpha value is -2.84. The van der Waals surface area contributed by atoms with E-state index in [9.17, 15) is 14.4 Å². The standard InChI is InChI=1S/C19H28N4O5/c1-28-19(27)23-15(18(25)26)10-12-20-16(24)7-3-2-6-14-9-8-13-5-4-11-21-17(13)22-14/h8-9,15H,2-7,10-12H2,1H3,(H,20,24)(H,21,22)(H,23,27)(H,25,26). The number of aromatic nitrogens is 1. The summed E-state index contributed by atoms with van der Waals surface area (Å²) < 4.78 is 4.38. The number of rotatable bonds is 10. The van der Waals surface area contributed by atoms with Gasteiger partial charge < -0.3 is 25.8 Å². The quantitative estimate of drug-likeness (QED) is 0.444. The van der Waals surface area contributed by atoms with Crippen molar-refractivity contribution in [2.24, 2.45) is 0 Å². The smallest absolute Gasteiger partial charge is 0.407 e. The van der Waals surface area contributed by atoms with Crippen LogP contribution < -0.4 is 16.0 Å². The van der Waals surface area contributed by atoms with Crippen molar-refractivity contribution < 1.29 is 24.2 Å². The van der Waals surface area contributed by atoms with Crippen molar-refractivity contribution in [3.63, 3.8) is 0 Å². The van der Waals surface area contributed by atoms with Gasteiger partial charge in [0, 0.05) is 25.2 Å². The van der Waals surface area contributed by atoms with E-state index in [2.05, 4.69) is 31.7 Å². The third-order valence-electron chi connectivity index (χ3n) is 4.57. The number of carboxylic acids is 1. The molecule has 9 heteroatoms. The number of aryl methyl sites for hydroxylation is 2. The number of hydrogen-bond donors (Lipinski definition) is 4. The van der Waals surface area contributed by atoms with Gasteiger partial charge in [0.25, 0.3) is 0 Å². The highest BCUT2D eigenvalue weighted by Crippen LogP contribution is 2.20. The number of carbonyl (C=O) groups excluding carboxylic acids is 2. The molecule has 4 N–H and O–H groups in total. The van der Waals surface area contributed by atoms with Gasteiger partial charge in [-0.1, -0.05) is 6.07 Å². The van der Waals surface area contributed by atoms with E-state index < -0.39 is 18.1 Å². The number of nitrogens with zero attached hydrogens (tertiary/aromatic N) is 1. The van der Waals surface area contributed by atoms with E-state index in [1.807, 2.05) is 6.07 Å². The molecule has 1 aliphatic heterocycles. The van der Waals surface area contributed by atoms with E-state index in [1.54, 1.807) is 0 Å². The van der Waals surface area contributed by atoms with Crippen LogP contribution in [-0.4, -0.2) is 54.3 Å². The Morgan fingerprint density at radius 2 is 2.14 bits per heavy atom. The zero-order valence-corrected chi connectivity index (χ0v) is 16.1. The minimum Gasteiger partial charge on any atom is -0.480 e. The number of methoxy groups -OCH3 is 1. The summed E-state index contributed by atoms with van der Waals surface area (Å²) in [5, 5.41) is 17.2. The number of hydrogen-bond acceptors (Lipinski definition) is 6. The van der Waals surface area contributed by atoms with Gasteiger partial charge in [0.05, 0.1) is 7.11 Å². The van der Waals surface area contributed by atoms with Crippen LogP contribution in [0.3, 0.4) is 0 Å². The lowest BCUT2D eigenvalue weighted by atomic mass is 10.1. The average molecular weight is 392 g/mol. The van der Waals surface area contributed by atoms with Gasteiger partial charge in [0.2, 0.25) is 5.91 Å². The van der Waals surface area contributed by atoms with Crippen LogP contribution in [-0.2, 0) is 27.2 Å². The lowest BCUT2D eigenvalue weighted by molar-refractivity contribution is -0.139. The van der Waals surface area contributed by atoms with E-state index in [0.717, 1.165) is 57.3 Å². The summed E-state index contributed by atoms with van der Waals surface area (Å²) in [6.45, 7) is 1.12. The minimum atomic E-state index is -1.17. The van der Waals surface area contributed by atoms with Crippen molar-refractivity contribution in [2.45, 2.75) is 51.0 Å². The maximum Gasteiger partial charge on any atom is 0.407 e. The lowest BCUT2D eigenvalue weighted by Gasteiger charge is -2.17. The second kappa shape index (κ2) is 11.1. The van der Waals surface area contributed by atoms with Crippen LogP contribution in [0.2, 0.25) is 0 Å². The molecule has 2 rings (SSSR count). The van der Waals surface area contributed by atoms with Crippen LogP contribution >= 0.6 is 0 Å². The molecule has 0 saturated carbocycles. The van der Waals surface area contributed by atoms with E-state index in [0.29, 0.717) is 6.42 Å². The molecule has 154 valence electrons. The number of anilines is 1. The Bertz CT molecular complexity index is 695. The largest absolute Gasteiger partial charge is 0.480 e. The van der Waals surface area contributed by atoms with Crippen molar-refractivity contribution in [3.05, 3.63) is 23.4 Å². The molecule has 1 aliphatic rings. The van der Waals surface area contributed by atoms with E-state index in [4.69, 9.17) is 5.11 Å². The van der Waals surface area contributed by atoms with Gasteiger partial charge in [-0.3, -0.25) is 4.79 Å². The van der Waals surface area contributed by atoms with E-state index >= 15 is 0 Å². The predicted molar refractivity (Wildman–Crippen MR) is 103 cm³/mol. The maximum absolute atomic E-state index is 11.9. The summed E-state index contributed by atoms with van der Waals surface area (Å²) in [4.78, 5) is 38.7. The Morgan fingerprint density at radius 3 is 2.89 bits per heavy atom. The molecule has 1 aromatic rings. The molecule has 2 heterocycles. The Kier molecular flexibility index (Phi) is 8.51. The number of carbonyl (C=O) groups is 3. The van der Waals surface area contributed by atoms with Gasteiger partial charge in [0.15, 0.2) is 0 Å². The normalized spacial score (nSPS) is 13.6. The third kappa shape index (κ3) is 7.05. The first kappa shape index (κ1) is 21.5. The van der Waals surface area contributed by atoms with Gasteiger partial charge in [-0.05, 0) is 50.2 Å². The molecule has 0 spiro atoms. The van der Waals surface area contributed by atoms with Crippen LogP contribution in [0.4, 0.5) is 10.6 Å². The summed E-state index contributed by atoms with van der Waals surface area (Å²) in [6, 6.07) is 3.07. The van der Waals surface area contributed by atoms with Crippen molar-refractivity contribution in [1.82, 2.24) is 15.6 Å². The fourth-order valence-corrected chi connectivity index (χ4v) is 3.00. The topological polar surface area (TPSA) is 130 Å². The molecule has 1 unspecified atom stereocenters. The third-order valence-corrected chi connectivity index (χ3v) is 4.57. The first-order chi connectivity index (χ1) is 13.5. The predicted octanol–water partition coefficient (Wildman–Crippen LogP) is 1.47. The molecular formula is C19H28N4O5. The number of nitrogens with one attached hydrogen (secondary N) is 3. The average Bonchev–Trinajstić information content (AvgIpc) is 2.70. The van der Waals surface area contributed by atoms with Gasteiger partial charge >= 0.3 is 12.1 Å². The Morgan fingerprint density at radius 1 is 1.32 bits per heavy atom. The SMILES string of the molecule is COC(=O)NC(CCNC(=O)CCCCc1ccc2c(n1)NCCC2)C(=O)O. The van der Waals surface area contributed by atoms with Crippen molar-refractivity contribution >= 4 is 23.8 Å². The van der Waals surface area contributed by atoms with Crippen molar-refractivity contribution in [2.75, 3.05) is 25.5 Å². The van der Waals surface area contributed by atoms with Crippen LogP contribution in [0.5, 0.6) is 0 Å². The number of ether oxygens (including phenoxy) is 1. The molecule has 0 radical (unpaired) electrons. The van der Waals surface area contributed by atoms with Gasteiger partial charge in [-0.15, -0.1) is 0 Å². The lowest BCUT2D eigenvalue weighted by Crippen LogP contribution is -2.43. The number of fused-ring (bicyclic) bond motifs is 1. The van der Waals surface area contributed by atoms with Crippen LogP contribution in [0.15, 0.2) is 12.1 Å². The molecular weight excluding hydrogens is 364 g/mol. The van der Waals surface area contributed by atoms with Gasteiger partial charge in [0.1, 0.15) is 11.9 Å². The first-order valence-electron chi connectivity index (χ1n) is 9.56. The molecule has 1 aromatic heterocycles. The number of alkyl carbamates (subject to hydrolysis) is 1. The fraction of sp³-hybridized carbons (Fsp3) is 0.579. The molecule has 0 aliphatic carbocycles. The molecule has 2 amide bonds. The highest BCUT2D eigenvalue weighted by Gasteiger charge is 2.20. The van der Waals surface area contributed by atoms with Crippen LogP contribution in [0.1, 0.15) is 43.4 Å². The van der Waals surface area contributed by atoms with Gasteiger partial charge in [-0.2, -0.15) is 0 Å². The van der Waals surface area contributed by atoms with Gasteiger partial charge in [-0.25, -0.2) is 14.6 Å². The second-order valence-corrected chi connectivity index (χ2v) is 6.71. The first-order valence-corrected chi connectivity index (χ1v) is 9.56. The number of carboxylic acid groups (broad SMARTS) is 1. The molecule has 1 atom stereocenters. The second-order valence-electron chi connectivity index (χ2n) is 6.71.